The van der Waals surface area contributed by atoms with E-state index in [1.807, 2.05) is 0 Å². The van der Waals surface area contributed by atoms with E-state index in [-0.39, 0.29) is 12.5 Å². The minimum absolute atomic E-state index is 0.134. The summed E-state index contributed by atoms with van der Waals surface area (Å²) >= 11 is 0. The number of aliphatic hydroxyl groups is 5. The summed E-state index contributed by atoms with van der Waals surface area (Å²) in [5.41, 5.74) is 0. The zero-order chi connectivity index (χ0) is 55.8. The van der Waals surface area contributed by atoms with E-state index >= 15 is 0 Å². The number of carbonyl (C=O) groups is 1. The number of unbranched alkanes of at least 4 members (excludes halogenated alkanes) is 40. The van der Waals surface area contributed by atoms with Crippen LogP contribution in [0.1, 0.15) is 322 Å². The van der Waals surface area contributed by atoms with Crippen molar-refractivity contribution < 1.29 is 39.8 Å². The molecular weight excluding hydrogens is 959 g/mol. The van der Waals surface area contributed by atoms with Crippen LogP contribution < -0.4 is 5.32 Å². The summed E-state index contributed by atoms with van der Waals surface area (Å²) < 4.78 is 11.3. The predicted molar refractivity (Wildman–Crippen MR) is 327 cm³/mol. The largest absolute Gasteiger partial charge is 0.394 e. The summed E-state index contributed by atoms with van der Waals surface area (Å²) in [5, 5.41) is 54.7. The summed E-state index contributed by atoms with van der Waals surface area (Å²) in [5.74, 6) is -0.138. The lowest BCUT2D eigenvalue weighted by Crippen LogP contribution is -2.60. The van der Waals surface area contributed by atoms with Gasteiger partial charge in [0, 0.05) is 6.42 Å². The highest BCUT2D eigenvalue weighted by Crippen LogP contribution is 2.24. The molecule has 0 aromatic carbocycles. The summed E-state index contributed by atoms with van der Waals surface area (Å²) in [4.78, 5) is 13.1. The van der Waals surface area contributed by atoms with Crippen LogP contribution in [0.3, 0.4) is 0 Å². The molecule has 1 heterocycles. The molecule has 77 heavy (non-hydrogen) atoms. The lowest BCUT2D eigenvalue weighted by molar-refractivity contribution is -0.302. The third-order valence-corrected chi connectivity index (χ3v) is 15.9. The van der Waals surface area contributed by atoms with Crippen LogP contribution in [-0.4, -0.2) is 87.5 Å². The normalized spacial score (nSPS) is 19.0. The van der Waals surface area contributed by atoms with E-state index in [0.717, 1.165) is 64.2 Å². The molecule has 452 valence electrons. The van der Waals surface area contributed by atoms with E-state index in [2.05, 4.69) is 67.8 Å². The third kappa shape index (κ3) is 46.5. The van der Waals surface area contributed by atoms with Crippen LogP contribution in [0.4, 0.5) is 0 Å². The molecule has 1 fully saturated rings. The third-order valence-electron chi connectivity index (χ3n) is 15.9. The van der Waals surface area contributed by atoms with Crippen LogP contribution in [-0.2, 0) is 14.3 Å². The highest BCUT2D eigenvalue weighted by molar-refractivity contribution is 5.76. The van der Waals surface area contributed by atoms with E-state index < -0.39 is 49.5 Å². The van der Waals surface area contributed by atoms with Crippen molar-refractivity contribution in [3.63, 3.8) is 0 Å². The smallest absolute Gasteiger partial charge is 0.220 e. The minimum Gasteiger partial charge on any atom is -0.394 e. The molecule has 0 spiro atoms. The highest BCUT2D eigenvalue weighted by atomic mass is 16.7. The Balaban J connectivity index is 2.02. The van der Waals surface area contributed by atoms with Crippen molar-refractivity contribution in [2.24, 2.45) is 0 Å². The Bertz CT molecular complexity index is 1350. The molecule has 1 rings (SSSR count). The van der Waals surface area contributed by atoms with Crippen molar-refractivity contribution in [2.45, 2.75) is 365 Å². The fraction of sp³-hybridized carbons (Fsp3) is 0.868. The number of rotatable bonds is 58. The van der Waals surface area contributed by atoms with Crippen LogP contribution >= 0.6 is 0 Å². The Morgan fingerprint density at radius 3 is 1.19 bits per heavy atom. The number of allylic oxidation sites excluding steroid dienone is 8. The van der Waals surface area contributed by atoms with Gasteiger partial charge in [0.2, 0.25) is 5.91 Å². The first-order valence-corrected chi connectivity index (χ1v) is 33.3. The molecule has 1 saturated heterocycles. The Labute approximate surface area is 475 Å². The number of aliphatic hydroxyl groups excluding tert-OH is 5. The second-order valence-electron chi connectivity index (χ2n) is 23.2. The topological polar surface area (TPSA) is 149 Å². The first kappa shape index (κ1) is 73.2. The average molecular weight is 1090 g/mol. The Morgan fingerprint density at radius 2 is 0.805 bits per heavy atom. The second kappa shape index (κ2) is 57.4. The maximum absolute atomic E-state index is 13.1. The van der Waals surface area contributed by atoms with Gasteiger partial charge in [-0.05, 0) is 51.4 Å². The Morgan fingerprint density at radius 1 is 0.455 bits per heavy atom. The fourth-order valence-electron chi connectivity index (χ4n) is 10.7. The van der Waals surface area contributed by atoms with Crippen LogP contribution in [0.2, 0.25) is 0 Å². The molecule has 1 aliphatic rings. The van der Waals surface area contributed by atoms with Crippen molar-refractivity contribution in [3.05, 3.63) is 48.6 Å². The Kier molecular flexibility index (Phi) is 54.5. The monoisotopic (exact) mass is 1090 g/mol. The van der Waals surface area contributed by atoms with Gasteiger partial charge in [-0.15, -0.1) is 0 Å². The minimum atomic E-state index is -1.55. The van der Waals surface area contributed by atoms with Gasteiger partial charge >= 0.3 is 0 Å². The van der Waals surface area contributed by atoms with Gasteiger partial charge in [-0.2, -0.15) is 0 Å². The van der Waals surface area contributed by atoms with Crippen LogP contribution in [0.25, 0.3) is 0 Å². The SMILES string of the molecule is CC/C=C\C/C=C\C/C=C\C/C=C\CCCCCCCCCCCCCCCCCCCCCCCCCCCCC(=O)NC(COC1OC(CO)C(O)C(O)C1O)C(O)CCCCCCCCCCCCCCCCC. The van der Waals surface area contributed by atoms with Gasteiger partial charge in [0.25, 0.3) is 0 Å². The fourth-order valence-corrected chi connectivity index (χ4v) is 10.7. The van der Waals surface area contributed by atoms with Gasteiger partial charge in [0.1, 0.15) is 24.4 Å². The van der Waals surface area contributed by atoms with E-state index in [0.29, 0.717) is 12.8 Å². The van der Waals surface area contributed by atoms with Gasteiger partial charge in [-0.25, -0.2) is 0 Å². The van der Waals surface area contributed by atoms with Gasteiger partial charge < -0.3 is 40.3 Å². The molecule has 7 unspecified atom stereocenters. The molecule has 0 saturated carbocycles. The van der Waals surface area contributed by atoms with E-state index in [1.54, 1.807) is 0 Å². The molecule has 9 heteroatoms. The summed E-state index contributed by atoms with van der Waals surface area (Å²) in [7, 11) is 0. The van der Waals surface area contributed by atoms with Gasteiger partial charge in [-0.1, -0.05) is 313 Å². The molecule has 0 aromatic rings. The van der Waals surface area contributed by atoms with Crippen molar-refractivity contribution in [1.29, 1.82) is 0 Å². The van der Waals surface area contributed by atoms with E-state index in [1.165, 1.54) is 231 Å². The summed E-state index contributed by atoms with van der Waals surface area (Å²) in [6.45, 7) is 3.76. The number of amides is 1. The zero-order valence-electron chi connectivity index (χ0n) is 50.5. The molecule has 1 amide bonds. The van der Waals surface area contributed by atoms with Crippen molar-refractivity contribution >= 4 is 5.91 Å². The standard InChI is InChI=1S/C68H127NO8/c1-3-5-7-9-11-13-15-17-19-20-21-22-23-24-25-26-27-28-29-30-31-32-33-34-35-36-37-38-39-40-41-42-44-46-48-50-52-54-56-58-64(72)69-61(60-76-68-67(75)66(74)65(73)63(59-70)77-68)62(71)57-55-53-51-49-47-45-43-18-16-14-12-10-8-6-4-2/h5,7,11,13,17,19,21-22,61-63,65-68,70-71,73-75H,3-4,6,8-10,12,14-16,18,20,23-60H2,1-2H3,(H,69,72)/b7-5-,13-11-,19-17-,22-21-. The second-order valence-corrected chi connectivity index (χ2v) is 23.2. The van der Waals surface area contributed by atoms with E-state index in [9.17, 15) is 30.3 Å². The maximum atomic E-state index is 13.1. The number of carbonyl (C=O) groups excluding carboxylic acids is 1. The van der Waals surface area contributed by atoms with Crippen LogP contribution in [0, 0.1) is 0 Å². The summed E-state index contributed by atoms with van der Waals surface area (Å²) in [6, 6.07) is -0.717. The molecule has 6 N–H and O–H groups in total. The lowest BCUT2D eigenvalue weighted by atomic mass is 9.99. The average Bonchev–Trinajstić information content (AvgIpc) is 3.43. The van der Waals surface area contributed by atoms with Crippen LogP contribution in [0.15, 0.2) is 48.6 Å². The predicted octanol–water partition coefficient (Wildman–Crippen LogP) is 17.6. The highest BCUT2D eigenvalue weighted by Gasteiger charge is 2.44. The number of ether oxygens (including phenoxy) is 2. The van der Waals surface area contributed by atoms with Crippen molar-refractivity contribution in [3.8, 4) is 0 Å². The molecular formula is C68H127NO8. The van der Waals surface area contributed by atoms with Crippen molar-refractivity contribution in [2.75, 3.05) is 13.2 Å². The van der Waals surface area contributed by atoms with Gasteiger partial charge in [0.05, 0.1) is 25.4 Å². The molecule has 0 aliphatic carbocycles. The molecule has 0 radical (unpaired) electrons. The molecule has 1 aliphatic heterocycles. The van der Waals surface area contributed by atoms with E-state index in [4.69, 9.17) is 9.47 Å². The zero-order valence-corrected chi connectivity index (χ0v) is 50.5. The molecule has 7 atom stereocenters. The van der Waals surface area contributed by atoms with Gasteiger partial charge in [0.15, 0.2) is 6.29 Å². The maximum Gasteiger partial charge on any atom is 0.220 e. The quantitative estimate of drug-likeness (QED) is 0.0261. The van der Waals surface area contributed by atoms with Crippen LogP contribution in [0.5, 0.6) is 0 Å². The number of hydrogen-bond donors (Lipinski definition) is 6. The van der Waals surface area contributed by atoms with Gasteiger partial charge in [-0.3, -0.25) is 4.79 Å². The number of nitrogens with one attached hydrogen (secondary N) is 1. The summed E-state index contributed by atoms with van der Waals surface area (Å²) in [6.07, 6.45) is 70.4. The molecule has 0 bridgehead atoms. The number of hydrogen-bond acceptors (Lipinski definition) is 8. The first-order valence-electron chi connectivity index (χ1n) is 33.3. The lowest BCUT2D eigenvalue weighted by Gasteiger charge is -2.40. The van der Waals surface area contributed by atoms with Crippen molar-refractivity contribution in [1.82, 2.24) is 5.32 Å². The first-order chi connectivity index (χ1) is 37.8. The molecule has 9 nitrogen and oxygen atoms in total. The Hall–Kier alpha value is -1.85. The molecule has 0 aromatic heterocycles.